The Labute approximate surface area is 152 Å². The normalized spacial score (nSPS) is 19.9. The Hall–Kier alpha value is -2.64. The fraction of sp³-hybridized carbons (Fsp3) is 0.556. The van der Waals surface area contributed by atoms with Gasteiger partial charge in [0.25, 0.3) is 0 Å². The molecule has 0 radical (unpaired) electrons. The summed E-state index contributed by atoms with van der Waals surface area (Å²) in [5.41, 5.74) is 0. The number of pyridine rings is 1. The van der Waals surface area contributed by atoms with Crippen LogP contribution < -0.4 is 9.64 Å². The van der Waals surface area contributed by atoms with Gasteiger partial charge in [0.2, 0.25) is 5.91 Å². The number of aromatic amines is 1. The van der Waals surface area contributed by atoms with Crippen LogP contribution in [0.2, 0.25) is 0 Å². The third-order valence-corrected chi connectivity index (χ3v) is 4.99. The van der Waals surface area contributed by atoms with E-state index >= 15 is 0 Å². The average molecular weight is 356 g/mol. The lowest BCUT2D eigenvalue weighted by molar-refractivity contribution is -0.130. The molecule has 0 bridgehead atoms. The van der Waals surface area contributed by atoms with Gasteiger partial charge in [0, 0.05) is 45.1 Å². The van der Waals surface area contributed by atoms with Crippen LogP contribution in [-0.4, -0.2) is 63.3 Å². The number of amides is 1. The smallest absolute Gasteiger partial charge is 0.223 e. The van der Waals surface area contributed by atoms with Crippen molar-refractivity contribution in [2.24, 2.45) is 0 Å². The van der Waals surface area contributed by atoms with E-state index in [1.165, 1.54) is 19.2 Å². The highest BCUT2D eigenvalue weighted by Crippen LogP contribution is 2.30. The Morgan fingerprint density at radius 1 is 1.27 bits per heavy atom. The molecule has 2 aromatic heterocycles. The maximum Gasteiger partial charge on any atom is 0.223 e. The van der Waals surface area contributed by atoms with Crippen LogP contribution in [0.15, 0.2) is 24.7 Å². The number of carbonyl (C=O) groups is 1. The predicted molar refractivity (Wildman–Crippen MR) is 96.0 cm³/mol. The topological polar surface area (TPSA) is 87.2 Å². The fourth-order valence-corrected chi connectivity index (χ4v) is 3.61. The highest BCUT2D eigenvalue weighted by Gasteiger charge is 2.29. The van der Waals surface area contributed by atoms with Crippen molar-refractivity contribution in [1.29, 1.82) is 0 Å². The summed E-state index contributed by atoms with van der Waals surface area (Å²) in [4.78, 5) is 25.1. The van der Waals surface area contributed by atoms with Gasteiger partial charge in [-0.25, -0.2) is 9.97 Å². The highest BCUT2D eigenvalue weighted by molar-refractivity contribution is 5.76. The van der Waals surface area contributed by atoms with Crippen LogP contribution in [0.3, 0.4) is 0 Å². The Morgan fingerprint density at radius 2 is 2.15 bits per heavy atom. The number of likely N-dealkylation sites (tertiary alicyclic amines) is 1. The molecule has 0 aliphatic carbocycles. The zero-order valence-corrected chi connectivity index (χ0v) is 14.8. The zero-order valence-electron chi connectivity index (χ0n) is 14.8. The third-order valence-electron chi connectivity index (χ3n) is 4.99. The molecule has 4 rings (SSSR count). The number of ether oxygens (including phenoxy) is 1. The van der Waals surface area contributed by atoms with Crippen molar-refractivity contribution in [2.45, 2.75) is 38.2 Å². The molecular weight excluding hydrogens is 332 g/mol. The van der Waals surface area contributed by atoms with Gasteiger partial charge in [-0.05, 0) is 25.0 Å². The summed E-state index contributed by atoms with van der Waals surface area (Å²) in [6, 6.07) is 3.89. The van der Waals surface area contributed by atoms with Gasteiger partial charge < -0.3 is 14.5 Å². The molecule has 1 amide bonds. The van der Waals surface area contributed by atoms with E-state index < -0.39 is 0 Å². The first-order valence-electron chi connectivity index (χ1n) is 9.28. The second-order valence-electron chi connectivity index (χ2n) is 6.82. The molecule has 2 fully saturated rings. The molecule has 0 aromatic carbocycles. The van der Waals surface area contributed by atoms with E-state index in [4.69, 9.17) is 4.74 Å². The number of carbonyl (C=O) groups excluding carboxylic acids is 1. The van der Waals surface area contributed by atoms with E-state index in [0.29, 0.717) is 19.4 Å². The highest BCUT2D eigenvalue weighted by atomic mass is 16.5. The predicted octanol–water partition coefficient (Wildman–Crippen LogP) is 1.41. The summed E-state index contributed by atoms with van der Waals surface area (Å²) < 4.78 is 6.22. The summed E-state index contributed by atoms with van der Waals surface area (Å²) in [6.45, 7) is 3.43. The van der Waals surface area contributed by atoms with E-state index in [0.717, 1.165) is 43.4 Å². The molecule has 8 nitrogen and oxygen atoms in total. The maximum atomic E-state index is 12.4. The van der Waals surface area contributed by atoms with Crippen molar-refractivity contribution in [3.8, 4) is 5.75 Å². The number of aromatic nitrogens is 4. The van der Waals surface area contributed by atoms with Crippen LogP contribution >= 0.6 is 0 Å². The zero-order chi connectivity index (χ0) is 17.8. The number of nitrogens with zero attached hydrogens (tertiary/aromatic N) is 5. The lowest BCUT2D eigenvalue weighted by Gasteiger charge is -2.22. The summed E-state index contributed by atoms with van der Waals surface area (Å²) in [6.07, 6.45) is 7.58. The molecule has 26 heavy (non-hydrogen) atoms. The Kier molecular flexibility index (Phi) is 4.99. The summed E-state index contributed by atoms with van der Waals surface area (Å²) in [5.74, 6) is 2.64. The quantitative estimate of drug-likeness (QED) is 0.842. The number of rotatable bonds is 6. The van der Waals surface area contributed by atoms with Gasteiger partial charge in [0.1, 0.15) is 18.3 Å². The largest absolute Gasteiger partial charge is 0.485 e. The van der Waals surface area contributed by atoms with Gasteiger partial charge in [-0.3, -0.25) is 9.89 Å². The summed E-state index contributed by atoms with van der Waals surface area (Å²) in [5, 5.41) is 6.60. The van der Waals surface area contributed by atoms with Crippen molar-refractivity contribution >= 4 is 11.7 Å². The third kappa shape index (κ3) is 3.79. The average Bonchev–Trinajstić information content (AvgIpc) is 3.42. The van der Waals surface area contributed by atoms with Crippen LogP contribution in [0.4, 0.5) is 5.82 Å². The van der Waals surface area contributed by atoms with Crippen molar-refractivity contribution in [3.63, 3.8) is 0 Å². The fourth-order valence-electron chi connectivity index (χ4n) is 3.61. The molecular formula is C18H24N6O2. The molecule has 0 spiro atoms. The molecule has 2 aromatic rings. The summed E-state index contributed by atoms with van der Waals surface area (Å²) in [7, 11) is 0. The van der Waals surface area contributed by atoms with E-state index in [-0.39, 0.29) is 12.0 Å². The minimum absolute atomic E-state index is 0.0229. The molecule has 1 atom stereocenters. The van der Waals surface area contributed by atoms with Crippen LogP contribution in [0, 0.1) is 0 Å². The second-order valence-corrected chi connectivity index (χ2v) is 6.82. The molecule has 4 heterocycles. The number of nitrogens with one attached hydrogen (secondary N) is 1. The Balaban J connectivity index is 1.32. The van der Waals surface area contributed by atoms with E-state index in [9.17, 15) is 4.79 Å². The molecule has 138 valence electrons. The first kappa shape index (κ1) is 16.8. The number of H-pyrrole nitrogens is 1. The van der Waals surface area contributed by atoms with Gasteiger partial charge in [0.15, 0.2) is 11.6 Å². The van der Waals surface area contributed by atoms with E-state index in [1.807, 2.05) is 23.2 Å². The van der Waals surface area contributed by atoms with Crippen molar-refractivity contribution in [2.75, 3.05) is 31.1 Å². The molecule has 1 N–H and O–H groups in total. The number of anilines is 1. The number of hydrogen-bond donors (Lipinski definition) is 1. The maximum absolute atomic E-state index is 12.4. The Morgan fingerprint density at radius 3 is 2.96 bits per heavy atom. The number of hydrogen-bond acceptors (Lipinski definition) is 6. The van der Waals surface area contributed by atoms with Gasteiger partial charge in [-0.15, -0.1) is 0 Å². The van der Waals surface area contributed by atoms with E-state index in [2.05, 4.69) is 25.1 Å². The van der Waals surface area contributed by atoms with Crippen LogP contribution in [0.5, 0.6) is 5.75 Å². The molecule has 2 saturated heterocycles. The first-order chi connectivity index (χ1) is 12.8. The monoisotopic (exact) mass is 356 g/mol. The van der Waals surface area contributed by atoms with Crippen LogP contribution in [0.25, 0.3) is 0 Å². The van der Waals surface area contributed by atoms with E-state index in [1.54, 1.807) is 0 Å². The standard InChI is InChI=1S/C18H24N6O2/c25-17(6-5-16-20-13-21-22-16)24-11-7-14(12-24)26-15-4-3-8-19-18(15)23-9-1-2-10-23/h3-4,8,13-14H,1-2,5-7,9-12H2,(H,20,21,22). The molecule has 0 saturated carbocycles. The Bertz CT molecular complexity index is 729. The molecule has 8 heteroatoms. The lowest BCUT2D eigenvalue weighted by Crippen LogP contribution is -2.31. The van der Waals surface area contributed by atoms with Crippen molar-refractivity contribution in [1.82, 2.24) is 25.1 Å². The van der Waals surface area contributed by atoms with Gasteiger partial charge >= 0.3 is 0 Å². The minimum atomic E-state index is 0.0229. The lowest BCUT2D eigenvalue weighted by atomic mass is 10.2. The second kappa shape index (κ2) is 7.72. The van der Waals surface area contributed by atoms with Gasteiger partial charge in [0.05, 0.1) is 6.54 Å². The molecule has 1 unspecified atom stereocenters. The molecule has 2 aliphatic rings. The van der Waals surface area contributed by atoms with Gasteiger partial charge in [-0.1, -0.05) is 0 Å². The minimum Gasteiger partial charge on any atom is -0.485 e. The SMILES string of the molecule is O=C(CCc1ncn[nH]1)N1CCC(Oc2cccnc2N2CCCC2)C1. The molecule has 2 aliphatic heterocycles. The van der Waals surface area contributed by atoms with Gasteiger partial charge in [-0.2, -0.15) is 5.10 Å². The van der Waals surface area contributed by atoms with Crippen molar-refractivity contribution < 1.29 is 9.53 Å². The van der Waals surface area contributed by atoms with Crippen LogP contribution in [0.1, 0.15) is 31.5 Å². The van der Waals surface area contributed by atoms with Crippen molar-refractivity contribution in [3.05, 3.63) is 30.5 Å². The number of aryl methyl sites for hydroxylation is 1. The summed E-state index contributed by atoms with van der Waals surface area (Å²) >= 11 is 0. The van der Waals surface area contributed by atoms with Crippen LogP contribution in [-0.2, 0) is 11.2 Å². The first-order valence-corrected chi connectivity index (χ1v) is 9.28.